The van der Waals surface area contributed by atoms with Crippen molar-refractivity contribution in [2.75, 3.05) is 0 Å². The van der Waals surface area contributed by atoms with E-state index in [0.29, 0.717) is 0 Å². The number of hydrogen-bond donors (Lipinski definition) is 0. The fourth-order valence-electron chi connectivity index (χ4n) is 2.72. The predicted molar refractivity (Wildman–Crippen MR) is 67.0 cm³/mol. The highest BCUT2D eigenvalue weighted by atomic mass is 35.7. The number of aromatic nitrogens is 1. The minimum atomic E-state index is -4.94. The van der Waals surface area contributed by atoms with Gasteiger partial charge in [-0.05, 0) is 25.0 Å². The van der Waals surface area contributed by atoms with Gasteiger partial charge in [0.05, 0.1) is 4.88 Å². The number of nitrogens with zero attached hydrogens (tertiary/aromatic N) is 1. The van der Waals surface area contributed by atoms with Gasteiger partial charge in [-0.25, -0.2) is 18.6 Å². The number of para-hydroxylation sites is 1. The van der Waals surface area contributed by atoms with E-state index in [9.17, 15) is 0 Å². The van der Waals surface area contributed by atoms with E-state index < -0.39 is 10.2 Å². The van der Waals surface area contributed by atoms with Crippen LogP contribution in [-0.2, 0) is 12.8 Å². The van der Waals surface area contributed by atoms with Crippen LogP contribution in [0.25, 0.3) is 15.7 Å². The van der Waals surface area contributed by atoms with Crippen LogP contribution in [0.15, 0.2) is 36.4 Å². The molecule has 0 saturated carbocycles. The van der Waals surface area contributed by atoms with Crippen molar-refractivity contribution in [1.29, 1.82) is 0 Å². The van der Waals surface area contributed by atoms with Crippen LogP contribution in [0.1, 0.15) is 17.0 Å². The highest BCUT2D eigenvalue weighted by molar-refractivity contribution is 7.17. The number of benzene rings is 1. The topological polar surface area (TPSA) is 96.3 Å². The van der Waals surface area contributed by atoms with Crippen molar-refractivity contribution in [3.05, 3.63) is 47.0 Å². The number of rotatable bonds is 0. The van der Waals surface area contributed by atoms with E-state index in [4.69, 9.17) is 18.6 Å². The first-order valence-electron chi connectivity index (χ1n) is 6.39. The molecule has 3 aromatic rings. The number of halogens is 1. The smallest absolute Gasteiger partial charge is 0.222 e. The molecule has 1 aliphatic rings. The van der Waals surface area contributed by atoms with Gasteiger partial charge in [0.25, 0.3) is 4.83 Å². The lowest BCUT2D eigenvalue weighted by Crippen LogP contribution is -2.68. The molecule has 21 heavy (non-hydrogen) atoms. The lowest BCUT2D eigenvalue weighted by Gasteiger charge is -2.17. The lowest BCUT2D eigenvalue weighted by molar-refractivity contribution is -2.00. The van der Waals surface area contributed by atoms with E-state index in [1.54, 1.807) is 10.6 Å². The quantitative estimate of drug-likeness (QED) is 0.464. The first kappa shape index (κ1) is 14.6. The van der Waals surface area contributed by atoms with Crippen LogP contribution in [0.4, 0.5) is 0 Å². The summed E-state index contributed by atoms with van der Waals surface area (Å²) < 4.78 is 36.4. The molecule has 1 aromatic carbocycles. The second kappa shape index (κ2) is 5.49. The van der Waals surface area contributed by atoms with Crippen LogP contribution in [-0.4, -0.2) is 0 Å². The maximum atomic E-state index is 8.49. The summed E-state index contributed by atoms with van der Waals surface area (Å²) in [5.74, 6) is 0. The van der Waals surface area contributed by atoms with Gasteiger partial charge in [-0.1, -0.05) is 23.5 Å². The van der Waals surface area contributed by atoms with Crippen molar-refractivity contribution < 1.29 is 33.3 Å². The molecule has 1 aliphatic carbocycles. The van der Waals surface area contributed by atoms with Gasteiger partial charge in [-0.15, -0.1) is 14.6 Å². The molecule has 0 saturated heterocycles. The molecule has 0 radical (unpaired) electrons. The Morgan fingerprint density at radius 1 is 0.952 bits per heavy atom. The van der Waals surface area contributed by atoms with Gasteiger partial charge in [0.15, 0.2) is 0 Å². The van der Waals surface area contributed by atoms with Crippen LogP contribution < -0.4 is 23.0 Å². The number of thiazole rings is 1. The summed E-state index contributed by atoms with van der Waals surface area (Å²) in [5.41, 5.74) is 2.91. The van der Waals surface area contributed by atoms with E-state index in [1.807, 2.05) is 11.3 Å². The van der Waals surface area contributed by atoms with Crippen molar-refractivity contribution >= 4 is 27.1 Å². The second-order valence-electron chi connectivity index (χ2n) is 4.77. The summed E-state index contributed by atoms with van der Waals surface area (Å²) in [6.45, 7) is 0. The maximum Gasteiger partial charge on any atom is 0.268 e. The van der Waals surface area contributed by atoms with Crippen LogP contribution >= 0.6 is 11.3 Å². The molecule has 0 amide bonds. The molecule has 0 unspecified atom stereocenters. The third kappa shape index (κ3) is 3.16. The molecule has 0 spiro atoms. The fourth-order valence-corrected chi connectivity index (χ4v) is 3.96. The number of hydrogen-bond acceptors (Lipinski definition) is 5. The molecule has 0 bridgehead atoms. The van der Waals surface area contributed by atoms with Crippen molar-refractivity contribution in [2.24, 2.45) is 0 Å². The molecule has 4 rings (SSSR count). The van der Waals surface area contributed by atoms with Gasteiger partial charge in [-0.3, -0.25) is 0 Å². The molecular weight excluding hydrogens is 314 g/mol. The minimum Gasteiger partial charge on any atom is -0.222 e. The van der Waals surface area contributed by atoms with E-state index in [-0.39, 0.29) is 0 Å². The Balaban J connectivity index is 0.000000233. The Hall–Kier alpha value is -1.28. The second-order valence-corrected chi connectivity index (χ2v) is 6.64. The van der Waals surface area contributed by atoms with Crippen LogP contribution in [0.5, 0.6) is 0 Å². The van der Waals surface area contributed by atoms with Gasteiger partial charge in [0.2, 0.25) is 11.2 Å². The van der Waals surface area contributed by atoms with E-state index >= 15 is 0 Å². The molecule has 0 N–H and O–H groups in total. The third-order valence-corrected chi connectivity index (χ3v) is 4.65. The highest BCUT2D eigenvalue weighted by Crippen LogP contribution is 2.28. The standard InChI is InChI=1S/C14H12NS.ClHO4/c1-2-5-11-10(4-1)8-9-14-15(11)12-6-3-7-13(12)16-14;2-1(3,4)5/h1-2,4-5,8-9H,3,6-7H2;(H,2,3,4,5)/q+1;/p-1. The fraction of sp³-hybridized carbons (Fsp3) is 0.214. The number of fused-ring (bicyclic) bond motifs is 5. The Labute approximate surface area is 127 Å². The molecule has 0 fully saturated rings. The summed E-state index contributed by atoms with van der Waals surface area (Å²) >= 11 is 1.96. The van der Waals surface area contributed by atoms with Gasteiger partial charge in [-0.2, -0.15) is 0 Å². The molecule has 2 heterocycles. The summed E-state index contributed by atoms with van der Waals surface area (Å²) in [6.07, 6.45) is 3.84. The SMILES string of the molecule is [O-][Cl+3]([O-])([O-])[O-].c1ccc2c(c1)ccc1sc3c([n+]12)CCC3. The third-order valence-electron chi connectivity index (χ3n) is 3.44. The summed E-state index contributed by atoms with van der Waals surface area (Å²) in [4.78, 5) is 2.99. The van der Waals surface area contributed by atoms with Gasteiger partial charge in [0, 0.05) is 23.9 Å². The lowest BCUT2D eigenvalue weighted by atomic mass is 10.2. The maximum absolute atomic E-state index is 8.49. The number of aryl methyl sites for hydroxylation is 2. The average molecular weight is 326 g/mol. The molecule has 2 aromatic heterocycles. The molecule has 110 valence electrons. The first-order valence-corrected chi connectivity index (χ1v) is 8.44. The van der Waals surface area contributed by atoms with Gasteiger partial charge in [0.1, 0.15) is 0 Å². The van der Waals surface area contributed by atoms with Crippen molar-refractivity contribution in [3.8, 4) is 0 Å². The normalized spacial score (nSPS) is 14.1. The van der Waals surface area contributed by atoms with E-state index in [1.165, 1.54) is 35.0 Å². The van der Waals surface area contributed by atoms with Crippen molar-refractivity contribution in [3.63, 3.8) is 0 Å². The van der Waals surface area contributed by atoms with Crippen LogP contribution in [0.3, 0.4) is 0 Å². The zero-order chi connectivity index (χ0) is 15.0. The average Bonchev–Trinajstić information content (AvgIpc) is 2.96. The molecule has 7 heteroatoms. The summed E-state index contributed by atoms with van der Waals surface area (Å²) in [5, 5.41) is 1.34. The molecule has 5 nitrogen and oxygen atoms in total. The van der Waals surface area contributed by atoms with E-state index in [2.05, 4.69) is 40.8 Å². The molecular formula is C14H12ClNO4S. The Morgan fingerprint density at radius 3 is 2.43 bits per heavy atom. The first-order chi connectivity index (χ1) is 9.93. The Morgan fingerprint density at radius 2 is 1.67 bits per heavy atom. The van der Waals surface area contributed by atoms with Crippen LogP contribution in [0, 0.1) is 10.2 Å². The van der Waals surface area contributed by atoms with Crippen LogP contribution in [0.2, 0.25) is 0 Å². The Bertz CT molecular complexity index is 791. The van der Waals surface area contributed by atoms with Crippen molar-refractivity contribution in [1.82, 2.24) is 0 Å². The summed E-state index contributed by atoms with van der Waals surface area (Å²) in [7, 11) is -4.94. The zero-order valence-electron chi connectivity index (χ0n) is 11.0. The molecule has 0 atom stereocenters. The minimum absolute atomic E-state index is 1.24. The zero-order valence-corrected chi connectivity index (χ0v) is 12.5. The van der Waals surface area contributed by atoms with Gasteiger partial charge >= 0.3 is 0 Å². The Kier molecular flexibility index (Phi) is 3.83. The molecule has 0 aliphatic heterocycles. The largest absolute Gasteiger partial charge is 0.268 e. The monoisotopic (exact) mass is 325 g/mol. The van der Waals surface area contributed by atoms with Crippen molar-refractivity contribution in [2.45, 2.75) is 19.3 Å². The van der Waals surface area contributed by atoms with E-state index in [0.717, 1.165) is 0 Å². The number of pyridine rings is 1. The predicted octanol–water partition coefficient (Wildman–Crippen LogP) is -1.63. The van der Waals surface area contributed by atoms with Gasteiger partial charge < -0.3 is 0 Å². The summed E-state index contributed by atoms with van der Waals surface area (Å²) in [6, 6.07) is 13.2. The highest BCUT2D eigenvalue weighted by Gasteiger charge is 2.26.